The van der Waals surface area contributed by atoms with Gasteiger partial charge < -0.3 is 10.2 Å². The molecule has 1 aromatic rings. The number of piperidine rings is 1. The molecule has 7 nitrogen and oxygen atoms in total. The Morgan fingerprint density at radius 1 is 1.10 bits per heavy atom. The molecule has 0 unspecified atom stereocenters. The Hall–Kier alpha value is -1.48. The maximum Gasteiger partial charge on any atom is 0.243 e. The van der Waals surface area contributed by atoms with Gasteiger partial charge in [-0.05, 0) is 63.4 Å². The molecule has 2 saturated heterocycles. The first-order valence-electron chi connectivity index (χ1n) is 11.6. The highest BCUT2D eigenvalue weighted by atomic mass is 32.2. The summed E-state index contributed by atoms with van der Waals surface area (Å²) < 4.78 is 28.5. The minimum atomic E-state index is -3.66. The SMILES string of the molecule is Cc1ccc(S(=O)(=O)N(CCC(=O)N2CCNCC2)CCN2CCCC[C@@H]2C)cc1C. The zero-order valence-corrected chi connectivity index (χ0v) is 20.1. The van der Waals surface area contributed by atoms with E-state index in [0.29, 0.717) is 37.1 Å². The average molecular weight is 451 g/mol. The van der Waals surface area contributed by atoms with Gasteiger partial charge in [-0.1, -0.05) is 12.5 Å². The quantitative estimate of drug-likeness (QED) is 0.656. The third-order valence-electron chi connectivity index (χ3n) is 6.74. The van der Waals surface area contributed by atoms with Crippen LogP contribution in [-0.2, 0) is 14.8 Å². The minimum absolute atomic E-state index is 0.0353. The topological polar surface area (TPSA) is 73.0 Å². The second kappa shape index (κ2) is 10.9. The van der Waals surface area contributed by atoms with Crippen LogP contribution in [0.25, 0.3) is 0 Å². The van der Waals surface area contributed by atoms with Crippen LogP contribution < -0.4 is 5.32 Å². The molecule has 0 radical (unpaired) electrons. The smallest absolute Gasteiger partial charge is 0.243 e. The van der Waals surface area contributed by atoms with E-state index in [-0.39, 0.29) is 18.9 Å². The third kappa shape index (κ3) is 6.28. The number of rotatable bonds is 8. The first kappa shape index (κ1) is 24.2. The Kier molecular flexibility index (Phi) is 8.50. The van der Waals surface area contributed by atoms with E-state index in [9.17, 15) is 13.2 Å². The second-order valence-electron chi connectivity index (χ2n) is 8.91. The summed E-state index contributed by atoms with van der Waals surface area (Å²) in [6.07, 6.45) is 3.78. The van der Waals surface area contributed by atoms with E-state index in [2.05, 4.69) is 17.1 Å². The van der Waals surface area contributed by atoms with Crippen molar-refractivity contribution >= 4 is 15.9 Å². The molecule has 31 heavy (non-hydrogen) atoms. The Morgan fingerprint density at radius 3 is 2.52 bits per heavy atom. The maximum absolute atomic E-state index is 13.5. The number of nitrogens with one attached hydrogen (secondary N) is 1. The Balaban J connectivity index is 1.73. The molecule has 2 fully saturated rings. The summed E-state index contributed by atoms with van der Waals surface area (Å²) >= 11 is 0. The van der Waals surface area contributed by atoms with Crippen LogP contribution in [0.3, 0.4) is 0 Å². The molecule has 0 spiro atoms. The van der Waals surface area contributed by atoms with Gasteiger partial charge in [-0.3, -0.25) is 9.69 Å². The number of hydrogen-bond donors (Lipinski definition) is 1. The first-order chi connectivity index (χ1) is 14.8. The number of nitrogens with zero attached hydrogens (tertiary/aromatic N) is 3. The number of carbonyl (C=O) groups is 1. The van der Waals surface area contributed by atoms with Gasteiger partial charge in [-0.25, -0.2) is 8.42 Å². The van der Waals surface area contributed by atoms with Crippen LogP contribution in [0, 0.1) is 13.8 Å². The van der Waals surface area contributed by atoms with Crippen LogP contribution in [0.5, 0.6) is 0 Å². The second-order valence-corrected chi connectivity index (χ2v) is 10.8. The van der Waals surface area contributed by atoms with Crippen molar-refractivity contribution in [2.75, 3.05) is 52.4 Å². The molecule has 3 rings (SSSR count). The molecule has 0 bridgehead atoms. The molecule has 1 aromatic carbocycles. The zero-order valence-electron chi connectivity index (χ0n) is 19.3. The lowest BCUT2D eigenvalue weighted by Gasteiger charge is -2.35. The molecule has 0 aliphatic carbocycles. The van der Waals surface area contributed by atoms with E-state index in [4.69, 9.17) is 0 Å². The molecule has 2 aliphatic rings. The number of hydrogen-bond acceptors (Lipinski definition) is 5. The highest BCUT2D eigenvalue weighted by molar-refractivity contribution is 7.89. The van der Waals surface area contributed by atoms with E-state index in [1.165, 1.54) is 10.7 Å². The molecular weight excluding hydrogens is 412 g/mol. The largest absolute Gasteiger partial charge is 0.340 e. The van der Waals surface area contributed by atoms with Gasteiger partial charge in [0.1, 0.15) is 0 Å². The summed E-state index contributed by atoms with van der Waals surface area (Å²) in [4.78, 5) is 17.2. The lowest BCUT2D eigenvalue weighted by Crippen LogP contribution is -2.48. The van der Waals surface area contributed by atoms with Crippen LogP contribution in [0.4, 0.5) is 0 Å². The number of amides is 1. The Labute approximate surface area is 187 Å². The number of benzene rings is 1. The predicted molar refractivity (Wildman–Crippen MR) is 124 cm³/mol. The Bertz CT molecular complexity index is 852. The molecule has 174 valence electrons. The van der Waals surface area contributed by atoms with Gasteiger partial charge in [0.15, 0.2) is 0 Å². The highest BCUT2D eigenvalue weighted by Crippen LogP contribution is 2.21. The lowest BCUT2D eigenvalue weighted by atomic mass is 10.0. The van der Waals surface area contributed by atoms with Gasteiger partial charge in [0.2, 0.25) is 15.9 Å². The third-order valence-corrected chi connectivity index (χ3v) is 8.63. The van der Waals surface area contributed by atoms with E-state index < -0.39 is 10.0 Å². The van der Waals surface area contributed by atoms with E-state index in [1.54, 1.807) is 12.1 Å². The summed E-state index contributed by atoms with van der Waals surface area (Å²) in [5.41, 5.74) is 2.03. The maximum atomic E-state index is 13.5. The van der Waals surface area contributed by atoms with Crippen molar-refractivity contribution < 1.29 is 13.2 Å². The van der Waals surface area contributed by atoms with E-state index in [0.717, 1.165) is 43.6 Å². The number of sulfonamides is 1. The van der Waals surface area contributed by atoms with Crippen molar-refractivity contribution in [3.8, 4) is 0 Å². The summed E-state index contributed by atoms with van der Waals surface area (Å²) in [5, 5.41) is 3.25. The van der Waals surface area contributed by atoms with Crippen molar-refractivity contribution in [3.63, 3.8) is 0 Å². The van der Waals surface area contributed by atoms with Crippen molar-refractivity contribution in [1.82, 2.24) is 19.4 Å². The molecule has 8 heteroatoms. The van der Waals surface area contributed by atoms with Crippen molar-refractivity contribution in [1.29, 1.82) is 0 Å². The van der Waals surface area contributed by atoms with E-state index >= 15 is 0 Å². The van der Waals surface area contributed by atoms with Crippen LogP contribution in [0.1, 0.15) is 43.7 Å². The molecule has 2 aliphatic heterocycles. The summed E-state index contributed by atoms with van der Waals surface area (Å²) in [5.74, 6) is 0.0353. The molecule has 1 N–H and O–H groups in total. The fourth-order valence-electron chi connectivity index (χ4n) is 4.40. The summed E-state index contributed by atoms with van der Waals surface area (Å²) in [7, 11) is -3.66. The summed E-state index contributed by atoms with van der Waals surface area (Å²) in [6, 6.07) is 5.77. The van der Waals surface area contributed by atoms with Crippen molar-refractivity contribution in [2.45, 2.75) is 57.4 Å². The molecule has 2 heterocycles. The monoisotopic (exact) mass is 450 g/mol. The van der Waals surface area contributed by atoms with Gasteiger partial charge in [-0.15, -0.1) is 0 Å². The van der Waals surface area contributed by atoms with Crippen LogP contribution in [0.2, 0.25) is 0 Å². The van der Waals surface area contributed by atoms with Gasteiger partial charge in [0.25, 0.3) is 0 Å². The predicted octanol–water partition coefficient (Wildman–Crippen LogP) is 1.99. The summed E-state index contributed by atoms with van der Waals surface area (Å²) in [6.45, 7) is 11.4. The number of piperazine rings is 1. The number of likely N-dealkylation sites (tertiary alicyclic amines) is 1. The first-order valence-corrected chi connectivity index (χ1v) is 13.0. The standard InChI is InChI=1S/C23H38N4O3S/c1-19-7-8-22(18-20(19)2)31(29,30)27(17-16-25-12-5-4-6-21(25)3)13-9-23(28)26-14-10-24-11-15-26/h7-8,18,21,24H,4-6,9-17H2,1-3H3/t21-/m0/s1. The van der Waals surface area contributed by atoms with Gasteiger partial charge >= 0.3 is 0 Å². The highest BCUT2D eigenvalue weighted by Gasteiger charge is 2.28. The fraction of sp³-hybridized carbons (Fsp3) is 0.696. The average Bonchev–Trinajstić information content (AvgIpc) is 2.77. The molecule has 0 saturated carbocycles. The van der Waals surface area contributed by atoms with Gasteiger partial charge in [0, 0.05) is 58.3 Å². The number of carbonyl (C=O) groups excluding carboxylic acids is 1. The van der Waals surface area contributed by atoms with Gasteiger partial charge in [0.05, 0.1) is 4.90 Å². The van der Waals surface area contributed by atoms with Crippen LogP contribution in [0.15, 0.2) is 23.1 Å². The molecule has 0 aromatic heterocycles. The van der Waals surface area contributed by atoms with Crippen LogP contribution >= 0.6 is 0 Å². The fourth-order valence-corrected chi connectivity index (χ4v) is 5.92. The molecule has 1 amide bonds. The normalized spacial score (nSPS) is 20.9. The van der Waals surface area contributed by atoms with Crippen LogP contribution in [-0.4, -0.2) is 86.8 Å². The van der Waals surface area contributed by atoms with Gasteiger partial charge in [-0.2, -0.15) is 4.31 Å². The minimum Gasteiger partial charge on any atom is -0.340 e. The number of aryl methyl sites for hydroxylation is 2. The van der Waals surface area contributed by atoms with Crippen molar-refractivity contribution in [3.05, 3.63) is 29.3 Å². The molecule has 1 atom stereocenters. The zero-order chi connectivity index (χ0) is 22.4. The van der Waals surface area contributed by atoms with Crippen molar-refractivity contribution in [2.24, 2.45) is 0 Å². The lowest BCUT2D eigenvalue weighted by molar-refractivity contribution is -0.131. The van der Waals surface area contributed by atoms with E-state index in [1.807, 2.05) is 24.8 Å². The molecular formula is C23H38N4O3S. The Morgan fingerprint density at radius 2 is 1.84 bits per heavy atom.